The van der Waals surface area contributed by atoms with Crippen molar-refractivity contribution in [3.63, 3.8) is 0 Å². The fourth-order valence-electron chi connectivity index (χ4n) is 4.25. The van der Waals surface area contributed by atoms with Crippen LogP contribution in [0, 0.1) is 11.8 Å². The third-order valence-electron chi connectivity index (χ3n) is 5.70. The minimum atomic E-state index is -0.779. The van der Waals surface area contributed by atoms with Crippen molar-refractivity contribution in [3.8, 4) is 0 Å². The average Bonchev–Trinajstić information content (AvgIpc) is 3.16. The summed E-state index contributed by atoms with van der Waals surface area (Å²) >= 11 is 0. The molecule has 2 amide bonds. The van der Waals surface area contributed by atoms with Crippen molar-refractivity contribution in [2.24, 2.45) is 11.8 Å². The van der Waals surface area contributed by atoms with Crippen LogP contribution >= 0.6 is 0 Å². The van der Waals surface area contributed by atoms with Gasteiger partial charge in [0.1, 0.15) is 0 Å². The van der Waals surface area contributed by atoms with E-state index in [-0.39, 0.29) is 36.7 Å². The Labute approximate surface area is 162 Å². The molecule has 2 fully saturated rings. The van der Waals surface area contributed by atoms with Crippen LogP contribution < -0.4 is 0 Å². The van der Waals surface area contributed by atoms with E-state index in [4.69, 9.17) is 4.74 Å². The van der Waals surface area contributed by atoms with E-state index in [1.165, 1.54) is 0 Å². The van der Waals surface area contributed by atoms with Gasteiger partial charge >= 0.3 is 5.97 Å². The maximum atomic E-state index is 12.5. The van der Waals surface area contributed by atoms with Crippen molar-refractivity contribution in [1.29, 1.82) is 0 Å². The lowest BCUT2D eigenvalue weighted by molar-refractivity contribution is -0.146. The maximum Gasteiger partial charge on any atom is 0.309 e. The molecule has 0 saturated carbocycles. The molecule has 2 aliphatic rings. The average molecular weight is 383 g/mol. The summed E-state index contributed by atoms with van der Waals surface area (Å²) in [5.41, 5.74) is 0. The molecule has 1 unspecified atom stereocenters. The van der Waals surface area contributed by atoms with Gasteiger partial charge in [-0.3, -0.25) is 14.4 Å². The summed E-state index contributed by atoms with van der Waals surface area (Å²) in [4.78, 5) is 39.8. The highest BCUT2D eigenvalue weighted by atomic mass is 16.5. The quantitative estimate of drug-likeness (QED) is 0.660. The normalized spacial score (nSPS) is 23.4. The van der Waals surface area contributed by atoms with Crippen LogP contribution in [0.3, 0.4) is 0 Å². The van der Waals surface area contributed by atoms with E-state index in [9.17, 15) is 19.5 Å². The van der Waals surface area contributed by atoms with Gasteiger partial charge in [-0.1, -0.05) is 13.8 Å². The van der Waals surface area contributed by atoms with Gasteiger partial charge in [-0.05, 0) is 38.0 Å². The Kier molecular flexibility index (Phi) is 8.54. The highest BCUT2D eigenvalue weighted by Gasteiger charge is 2.40. The Balaban J connectivity index is 1.76. The smallest absolute Gasteiger partial charge is 0.309 e. The molecule has 0 aromatic heterocycles. The largest absolute Gasteiger partial charge is 0.481 e. The van der Waals surface area contributed by atoms with E-state index in [0.717, 1.165) is 38.8 Å². The number of carbonyl (C=O) groups excluding carboxylic acids is 2. The number of amides is 2. The number of ether oxygens (including phenoxy) is 1. The second-order valence-electron chi connectivity index (χ2n) is 7.67. The SMILES string of the molecule is CCCN(CCC)C(=O)CCC(=O)N1CCC([C@@H]2OCCC2C(=O)O)CC1. The molecule has 0 radical (unpaired) electrons. The lowest BCUT2D eigenvalue weighted by Crippen LogP contribution is -2.43. The number of piperidine rings is 1. The molecule has 0 aliphatic carbocycles. The molecule has 0 aromatic rings. The number of nitrogens with zero attached hydrogens (tertiary/aromatic N) is 2. The number of likely N-dealkylation sites (tertiary alicyclic amines) is 1. The Morgan fingerprint density at radius 1 is 1.04 bits per heavy atom. The molecular formula is C20H34N2O5. The van der Waals surface area contributed by atoms with E-state index < -0.39 is 11.9 Å². The molecule has 2 rings (SSSR count). The molecule has 7 nitrogen and oxygen atoms in total. The van der Waals surface area contributed by atoms with Crippen molar-refractivity contribution in [3.05, 3.63) is 0 Å². The van der Waals surface area contributed by atoms with Gasteiger partial charge in [0, 0.05) is 45.6 Å². The fourth-order valence-corrected chi connectivity index (χ4v) is 4.25. The van der Waals surface area contributed by atoms with Crippen LogP contribution in [0.15, 0.2) is 0 Å². The van der Waals surface area contributed by atoms with Gasteiger partial charge in [0.15, 0.2) is 0 Å². The predicted octanol–water partition coefficient (Wildman–Crippen LogP) is 2.14. The third-order valence-corrected chi connectivity index (χ3v) is 5.70. The molecule has 2 aliphatic heterocycles. The van der Waals surface area contributed by atoms with Crippen LogP contribution in [-0.4, -0.2) is 71.6 Å². The molecule has 27 heavy (non-hydrogen) atoms. The lowest BCUT2D eigenvalue weighted by atomic mass is 9.84. The van der Waals surface area contributed by atoms with Crippen molar-refractivity contribution >= 4 is 17.8 Å². The Morgan fingerprint density at radius 3 is 2.22 bits per heavy atom. The Bertz CT molecular complexity index is 511. The zero-order valence-electron chi connectivity index (χ0n) is 16.7. The van der Waals surface area contributed by atoms with Crippen LogP contribution in [0.5, 0.6) is 0 Å². The summed E-state index contributed by atoms with van der Waals surface area (Å²) in [6.45, 7) is 7.35. The highest BCUT2D eigenvalue weighted by molar-refractivity contribution is 5.83. The predicted molar refractivity (Wildman–Crippen MR) is 101 cm³/mol. The van der Waals surface area contributed by atoms with Gasteiger partial charge in [0.05, 0.1) is 12.0 Å². The van der Waals surface area contributed by atoms with E-state index in [2.05, 4.69) is 0 Å². The monoisotopic (exact) mass is 382 g/mol. The van der Waals surface area contributed by atoms with Crippen molar-refractivity contribution in [2.75, 3.05) is 32.8 Å². The molecular weight excluding hydrogens is 348 g/mol. The molecule has 2 heterocycles. The van der Waals surface area contributed by atoms with Crippen LogP contribution in [0.25, 0.3) is 0 Å². The maximum absolute atomic E-state index is 12.5. The van der Waals surface area contributed by atoms with E-state index in [1.807, 2.05) is 23.6 Å². The second-order valence-corrected chi connectivity index (χ2v) is 7.67. The van der Waals surface area contributed by atoms with Crippen molar-refractivity contribution < 1.29 is 24.2 Å². The number of hydrogen-bond acceptors (Lipinski definition) is 4. The molecule has 2 atom stereocenters. The summed E-state index contributed by atoms with van der Waals surface area (Å²) in [5.74, 6) is -0.914. The standard InChI is InChI=1S/C20H34N2O5/c1-3-10-21(11-4-2)17(23)5-6-18(24)22-12-7-15(8-13-22)19-16(20(25)26)9-14-27-19/h15-16,19H,3-14H2,1-2H3,(H,25,26)/t16?,19-/m0/s1. The lowest BCUT2D eigenvalue weighted by Gasteiger charge is -2.35. The zero-order chi connectivity index (χ0) is 19.8. The van der Waals surface area contributed by atoms with E-state index in [0.29, 0.717) is 26.1 Å². The first-order chi connectivity index (χ1) is 13.0. The van der Waals surface area contributed by atoms with Crippen LogP contribution in [-0.2, 0) is 19.1 Å². The summed E-state index contributed by atoms with van der Waals surface area (Å²) in [6, 6.07) is 0. The summed E-state index contributed by atoms with van der Waals surface area (Å²) in [6.07, 6.45) is 4.27. The number of rotatable bonds is 9. The molecule has 7 heteroatoms. The van der Waals surface area contributed by atoms with Gasteiger partial charge in [-0.2, -0.15) is 0 Å². The van der Waals surface area contributed by atoms with Gasteiger partial charge in [0.25, 0.3) is 0 Å². The van der Waals surface area contributed by atoms with Gasteiger partial charge in [-0.15, -0.1) is 0 Å². The summed E-state index contributed by atoms with van der Waals surface area (Å²) < 4.78 is 5.68. The number of hydrogen-bond donors (Lipinski definition) is 1. The van der Waals surface area contributed by atoms with Gasteiger partial charge < -0.3 is 19.6 Å². The summed E-state index contributed by atoms with van der Waals surface area (Å²) in [7, 11) is 0. The third kappa shape index (κ3) is 5.92. The van der Waals surface area contributed by atoms with E-state index in [1.54, 1.807) is 0 Å². The van der Waals surface area contributed by atoms with Crippen LogP contribution in [0.2, 0.25) is 0 Å². The molecule has 0 aromatic carbocycles. The van der Waals surface area contributed by atoms with Gasteiger partial charge in [0.2, 0.25) is 11.8 Å². The molecule has 1 N–H and O–H groups in total. The van der Waals surface area contributed by atoms with Crippen LogP contribution in [0.1, 0.15) is 58.8 Å². The fraction of sp³-hybridized carbons (Fsp3) is 0.850. The second kappa shape index (κ2) is 10.6. The molecule has 154 valence electrons. The first-order valence-corrected chi connectivity index (χ1v) is 10.4. The van der Waals surface area contributed by atoms with Crippen molar-refractivity contribution in [2.45, 2.75) is 64.9 Å². The minimum Gasteiger partial charge on any atom is -0.481 e. The zero-order valence-corrected chi connectivity index (χ0v) is 16.7. The van der Waals surface area contributed by atoms with Gasteiger partial charge in [-0.25, -0.2) is 0 Å². The number of carboxylic acid groups (broad SMARTS) is 1. The number of aliphatic carboxylic acids is 1. The first-order valence-electron chi connectivity index (χ1n) is 10.4. The van der Waals surface area contributed by atoms with Crippen LogP contribution in [0.4, 0.5) is 0 Å². The molecule has 0 spiro atoms. The Morgan fingerprint density at radius 2 is 1.67 bits per heavy atom. The minimum absolute atomic E-state index is 0.0249. The molecule has 0 bridgehead atoms. The van der Waals surface area contributed by atoms with Crippen molar-refractivity contribution in [1.82, 2.24) is 9.80 Å². The molecule has 2 saturated heterocycles. The number of carbonyl (C=O) groups is 3. The highest BCUT2D eigenvalue weighted by Crippen LogP contribution is 2.33. The number of carboxylic acids is 1. The first kappa shape index (κ1) is 21.7. The Hall–Kier alpha value is -1.63. The summed E-state index contributed by atoms with van der Waals surface area (Å²) in [5, 5.41) is 9.32. The van der Waals surface area contributed by atoms with E-state index >= 15 is 0 Å². The topological polar surface area (TPSA) is 87.2 Å².